The van der Waals surface area contributed by atoms with Gasteiger partial charge in [-0.1, -0.05) is 13.3 Å². The van der Waals surface area contributed by atoms with Gasteiger partial charge in [-0.05, 0) is 27.1 Å². The molecular weight excluding hydrogens is 162 g/mol. The SMILES string of the molecule is CCCCN(CCNC)CCNC. The van der Waals surface area contributed by atoms with E-state index in [2.05, 4.69) is 22.5 Å². The van der Waals surface area contributed by atoms with Gasteiger partial charge in [0.05, 0.1) is 0 Å². The molecule has 0 amide bonds. The molecule has 0 rings (SSSR count). The van der Waals surface area contributed by atoms with Crippen LogP contribution >= 0.6 is 0 Å². The summed E-state index contributed by atoms with van der Waals surface area (Å²) in [6, 6.07) is 0. The molecule has 0 saturated carbocycles. The van der Waals surface area contributed by atoms with Crippen LogP contribution in [0.25, 0.3) is 0 Å². The molecule has 80 valence electrons. The second-order valence-corrected chi connectivity index (χ2v) is 3.40. The summed E-state index contributed by atoms with van der Waals surface area (Å²) in [7, 11) is 4.02. The van der Waals surface area contributed by atoms with Gasteiger partial charge < -0.3 is 15.5 Å². The highest BCUT2D eigenvalue weighted by atomic mass is 15.1. The first kappa shape index (κ1) is 12.9. The lowest BCUT2D eigenvalue weighted by Gasteiger charge is -2.21. The molecular formula is C10H25N3. The number of hydrogen-bond donors (Lipinski definition) is 2. The maximum absolute atomic E-state index is 3.19. The zero-order valence-electron chi connectivity index (χ0n) is 9.40. The van der Waals surface area contributed by atoms with E-state index in [9.17, 15) is 0 Å². The molecule has 0 spiro atoms. The third-order valence-corrected chi connectivity index (χ3v) is 2.18. The Morgan fingerprint density at radius 3 is 1.85 bits per heavy atom. The molecule has 2 N–H and O–H groups in total. The summed E-state index contributed by atoms with van der Waals surface area (Å²) in [5, 5.41) is 6.38. The highest BCUT2D eigenvalue weighted by Gasteiger charge is 2.01. The Morgan fingerprint density at radius 2 is 1.46 bits per heavy atom. The van der Waals surface area contributed by atoms with E-state index in [4.69, 9.17) is 0 Å². The normalized spacial score (nSPS) is 11.1. The van der Waals surface area contributed by atoms with Crippen molar-refractivity contribution in [3.8, 4) is 0 Å². The molecule has 0 atom stereocenters. The molecule has 0 aromatic heterocycles. The van der Waals surface area contributed by atoms with Crippen LogP contribution in [0.3, 0.4) is 0 Å². The van der Waals surface area contributed by atoms with Crippen LogP contribution in [0.2, 0.25) is 0 Å². The predicted octanol–water partition coefficient (Wildman–Crippen LogP) is 0.527. The van der Waals surface area contributed by atoms with Gasteiger partial charge in [0, 0.05) is 26.2 Å². The molecule has 3 heteroatoms. The Bertz CT molecular complexity index is 77.2. The average Bonchev–Trinajstić information content (AvgIpc) is 2.17. The third-order valence-electron chi connectivity index (χ3n) is 2.18. The van der Waals surface area contributed by atoms with E-state index >= 15 is 0 Å². The van der Waals surface area contributed by atoms with Crippen molar-refractivity contribution in [1.29, 1.82) is 0 Å². The zero-order valence-corrected chi connectivity index (χ0v) is 9.40. The van der Waals surface area contributed by atoms with E-state index in [-0.39, 0.29) is 0 Å². The maximum Gasteiger partial charge on any atom is 0.0107 e. The molecule has 0 aliphatic carbocycles. The first-order chi connectivity index (χ1) is 6.35. The molecule has 0 heterocycles. The first-order valence-electron chi connectivity index (χ1n) is 5.36. The van der Waals surface area contributed by atoms with E-state index in [0.29, 0.717) is 0 Å². The predicted molar refractivity (Wildman–Crippen MR) is 59.2 cm³/mol. The van der Waals surface area contributed by atoms with Crippen molar-refractivity contribution < 1.29 is 0 Å². The van der Waals surface area contributed by atoms with Gasteiger partial charge >= 0.3 is 0 Å². The number of rotatable bonds is 9. The van der Waals surface area contributed by atoms with E-state index in [0.717, 1.165) is 26.2 Å². The van der Waals surface area contributed by atoms with Crippen LogP contribution in [0.5, 0.6) is 0 Å². The minimum atomic E-state index is 1.09. The Balaban J connectivity index is 3.47. The van der Waals surface area contributed by atoms with E-state index in [1.807, 2.05) is 14.1 Å². The summed E-state index contributed by atoms with van der Waals surface area (Å²) in [6.07, 6.45) is 2.60. The summed E-state index contributed by atoms with van der Waals surface area (Å²) >= 11 is 0. The van der Waals surface area contributed by atoms with Gasteiger partial charge in [-0.2, -0.15) is 0 Å². The largest absolute Gasteiger partial charge is 0.318 e. The standard InChI is InChI=1S/C10H25N3/c1-4-5-8-13(9-6-11-2)10-7-12-3/h11-12H,4-10H2,1-3H3. The van der Waals surface area contributed by atoms with E-state index < -0.39 is 0 Å². The van der Waals surface area contributed by atoms with Crippen molar-refractivity contribution in [3.05, 3.63) is 0 Å². The Morgan fingerprint density at radius 1 is 0.923 bits per heavy atom. The lowest BCUT2D eigenvalue weighted by Crippen LogP contribution is -2.36. The van der Waals surface area contributed by atoms with Gasteiger partial charge in [-0.15, -0.1) is 0 Å². The number of nitrogens with one attached hydrogen (secondary N) is 2. The van der Waals surface area contributed by atoms with Crippen LogP contribution in [-0.4, -0.2) is 51.7 Å². The zero-order chi connectivity index (χ0) is 9.94. The third kappa shape index (κ3) is 8.22. The van der Waals surface area contributed by atoms with Crippen LogP contribution in [0.4, 0.5) is 0 Å². The van der Waals surface area contributed by atoms with E-state index in [1.54, 1.807) is 0 Å². The van der Waals surface area contributed by atoms with Crippen molar-refractivity contribution in [2.75, 3.05) is 46.8 Å². The molecule has 0 aliphatic rings. The van der Waals surface area contributed by atoms with Crippen LogP contribution in [0, 0.1) is 0 Å². The number of hydrogen-bond acceptors (Lipinski definition) is 3. The Hall–Kier alpha value is -0.120. The van der Waals surface area contributed by atoms with Gasteiger partial charge in [-0.3, -0.25) is 0 Å². The molecule has 13 heavy (non-hydrogen) atoms. The average molecular weight is 187 g/mol. The highest BCUT2D eigenvalue weighted by molar-refractivity contribution is 4.59. The quantitative estimate of drug-likeness (QED) is 0.551. The second-order valence-electron chi connectivity index (χ2n) is 3.40. The van der Waals surface area contributed by atoms with E-state index in [1.165, 1.54) is 19.4 Å². The summed E-state index contributed by atoms with van der Waals surface area (Å²) in [6.45, 7) is 7.99. The fraction of sp³-hybridized carbons (Fsp3) is 1.00. The van der Waals surface area contributed by atoms with Crippen molar-refractivity contribution in [2.45, 2.75) is 19.8 Å². The molecule has 0 bridgehead atoms. The summed E-state index contributed by atoms with van der Waals surface area (Å²) < 4.78 is 0. The fourth-order valence-electron chi connectivity index (χ4n) is 1.26. The number of likely N-dealkylation sites (N-methyl/N-ethyl adjacent to an activating group) is 2. The Kier molecular flexibility index (Phi) is 9.87. The second kappa shape index (κ2) is 9.96. The van der Waals surface area contributed by atoms with Crippen molar-refractivity contribution in [3.63, 3.8) is 0 Å². The summed E-state index contributed by atoms with van der Waals surface area (Å²) in [5.74, 6) is 0. The number of nitrogens with zero attached hydrogens (tertiary/aromatic N) is 1. The van der Waals surface area contributed by atoms with Crippen molar-refractivity contribution >= 4 is 0 Å². The Labute approximate surface area is 82.9 Å². The molecule has 0 fully saturated rings. The minimum Gasteiger partial charge on any atom is -0.318 e. The molecule has 0 saturated heterocycles. The van der Waals surface area contributed by atoms with Gasteiger partial charge in [0.25, 0.3) is 0 Å². The summed E-state index contributed by atoms with van der Waals surface area (Å²) in [4.78, 5) is 2.51. The molecule has 0 unspecified atom stereocenters. The van der Waals surface area contributed by atoms with Crippen molar-refractivity contribution in [2.24, 2.45) is 0 Å². The van der Waals surface area contributed by atoms with Crippen LogP contribution < -0.4 is 10.6 Å². The number of unbranched alkanes of at least 4 members (excludes halogenated alkanes) is 1. The first-order valence-corrected chi connectivity index (χ1v) is 5.36. The van der Waals surface area contributed by atoms with Crippen LogP contribution in [0.1, 0.15) is 19.8 Å². The topological polar surface area (TPSA) is 27.3 Å². The van der Waals surface area contributed by atoms with Gasteiger partial charge in [0.15, 0.2) is 0 Å². The summed E-state index contributed by atoms with van der Waals surface area (Å²) in [5.41, 5.74) is 0. The minimum absolute atomic E-state index is 1.09. The molecule has 0 radical (unpaired) electrons. The lowest BCUT2D eigenvalue weighted by atomic mass is 10.3. The van der Waals surface area contributed by atoms with Crippen LogP contribution in [0.15, 0.2) is 0 Å². The monoisotopic (exact) mass is 187 g/mol. The van der Waals surface area contributed by atoms with Crippen molar-refractivity contribution in [1.82, 2.24) is 15.5 Å². The van der Waals surface area contributed by atoms with Gasteiger partial charge in [0.2, 0.25) is 0 Å². The van der Waals surface area contributed by atoms with Gasteiger partial charge in [0.1, 0.15) is 0 Å². The van der Waals surface area contributed by atoms with Crippen LogP contribution in [-0.2, 0) is 0 Å². The maximum atomic E-state index is 3.19. The molecule has 3 nitrogen and oxygen atoms in total. The molecule has 0 aromatic carbocycles. The fourth-order valence-corrected chi connectivity index (χ4v) is 1.26. The van der Waals surface area contributed by atoms with Gasteiger partial charge in [-0.25, -0.2) is 0 Å². The smallest absolute Gasteiger partial charge is 0.0107 e. The lowest BCUT2D eigenvalue weighted by molar-refractivity contribution is 0.273. The molecule has 0 aliphatic heterocycles. The molecule has 0 aromatic rings. The highest BCUT2D eigenvalue weighted by Crippen LogP contribution is 1.93.